The van der Waals surface area contributed by atoms with Gasteiger partial charge in [0.1, 0.15) is 0 Å². The first-order valence-corrected chi connectivity index (χ1v) is 6.91. The Morgan fingerprint density at radius 1 is 1.33 bits per heavy atom. The highest BCUT2D eigenvalue weighted by Crippen LogP contribution is 2.40. The van der Waals surface area contributed by atoms with Crippen LogP contribution >= 0.6 is 0 Å². The fourth-order valence-electron chi connectivity index (χ4n) is 3.81. The molecule has 0 unspecified atom stereocenters. The van der Waals surface area contributed by atoms with Gasteiger partial charge in [-0.2, -0.15) is 5.10 Å². The molecule has 2 aliphatic rings. The minimum absolute atomic E-state index is 0.0718. The molecule has 0 N–H and O–H groups in total. The number of hydrogen-bond acceptors (Lipinski definition) is 2. The zero-order valence-electron chi connectivity index (χ0n) is 12.1. The summed E-state index contributed by atoms with van der Waals surface area (Å²) in [5.41, 5.74) is 2.57. The van der Waals surface area contributed by atoms with Gasteiger partial charge < -0.3 is 0 Å². The molecule has 3 heteroatoms. The van der Waals surface area contributed by atoms with Gasteiger partial charge in [-0.3, -0.25) is 4.79 Å². The first kappa shape index (κ1) is 13.3. The van der Waals surface area contributed by atoms with Gasteiger partial charge in [0.25, 0.3) is 0 Å². The average Bonchev–Trinajstić information content (AvgIpc) is 2.58. The molecule has 4 atom stereocenters. The minimum atomic E-state index is 0.0718. The fraction of sp³-hybridized carbons (Fsp3) is 0.733. The Morgan fingerprint density at radius 3 is 2.56 bits per heavy atom. The standard InChI is InChI=1S/C15H24N2O/c1-9-6-10(2)15(11(3)7-9)14-8-12(4)16-17(14)13(5)18/h6,10-11,14-15H,7-8H2,1-5H3/t10-,11-,14+,15-/m1/s1. The van der Waals surface area contributed by atoms with Crippen LogP contribution in [0, 0.1) is 17.8 Å². The summed E-state index contributed by atoms with van der Waals surface area (Å²) in [6.07, 6.45) is 4.46. The van der Waals surface area contributed by atoms with Crippen molar-refractivity contribution in [1.29, 1.82) is 0 Å². The van der Waals surface area contributed by atoms with Gasteiger partial charge in [0.05, 0.1) is 6.04 Å². The summed E-state index contributed by atoms with van der Waals surface area (Å²) >= 11 is 0. The number of hydrazone groups is 1. The molecule has 0 bridgehead atoms. The number of hydrogen-bond donors (Lipinski definition) is 0. The van der Waals surface area contributed by atoms with Crippen molar-refractivity contribution >= 4 is 11.6 Å². The maximum Gasteiger partial charge on any atom is 0.239 e. The number of carbonyl (C=O) groups excluding carboxylic acids is 1. The van der Waals surface area contributed by atoms with Gasteiger partial charge in [0.15, 0.2) is 0 Å². The Labute approximate surface area is 110 Å². The lowest BCUT2D eigenvalue weighted by molar-refractivity contribution is -0.132. The smallest absolute Gasteiger partial charge is 0.239 e. The predicted molar refractivity (Wildman–Crippen MR) is 74.2 cm³/mol. The van der Waals surface area contributed by atoms with Crippen LogP contribution in [0.5, 0.6) is 0 Å². The van der Waals surface area contributed by atoms with Crippen LogP contribution in [-0.4, -0.2) is 22.7 Å². The van der Waals surface area contributed by atoms with Crippen molar-refractivity contribution in [2.45, 2.75) is 53.5 Å². The third-order valence-corrected chi connectivity index (χ3v) is 4.32. The molecule has 0 radical (unpaired) electrons. The van der Waals surface area contributed by atoms with Crippen molar-refractivity contribution in [3.05, 3.63) is 11.6 Å². The second kappa shape index (κ2) is 4.87. The van der Waals surface area contributed by atoms with Gasteiger partial charge in [0, 0.05) is 19.1 Å². The topological polar surface area (TPSA) is 32.7 Å². The van der Waals surface area contributed by atoms with Crippen molar-refractivity contribution in [2.75, 3.05) is 0 Å². The molecule has 100 valence electrons. The SMILES string of the molecule is CC(=O)N1N=C(C)C[C@H]1[C@@H]1[C@H](C)C=C(C)C[C@H]1C. The van der Waals surface area contributed by atoms with Crippen molar-refractivity contribution in [3.8, 4) is 0 Å². The van der Waals surface area contributed by atoms with E-state index >= 15 is 0 Å². The molecule has 2 rings (SSSR count). The van der Waals surface area contributed by atoms with Crippen LogP contribution in [0.4, 0.5) is 0 Å². The van der Waals surface area contributed by atoms with E-state index in [0.29, 0.717) is 17.8 Å². The van der Waals surface area contributed by atoms with Gasteiger partial charge in [0.2, 0.25) is 5.91 Å². The quantitative estimate of drug-likeness (QED) is 0.656. The van der Waals surface area contributed by atoms with E-state index in [1.54, 1.807) is 11.9 Å². The molecule has 0 fully saturated rings. The molecule has 1 heterocycles. The highest BCUT2D eigenvalue weighted by Gasteiger charge is 2.40. The van der Waals surface area contributed by atoms with Crippen LogP contribution in [0.2, 0.25) is 0 Å². The molecule has 1 amide bonds. The number of amides is 1. The van der Waals surface area contributed by atoms with Crippen molar-refractivity contribution in [1.82, 2.24) is 5.01 Å². The van der Waals surface area contributed by atoms with Crippen LogP contribution in [0.15, 0.2) is 16.8 Å². The molecule has 0 spiro atoms. The third-order valence-electron chi connectivity index (χ3n) is 4.32. The molecular weight excluding hydrogens is 224 g/mol. The van der Waals surface area contributed by atoms with Crippen LogP contribution in [0.1, 0.15) is 47.5 Å². The Balaban J connectivity index is 2.24. The van der Waals surface area contributed by atoms with Crippen LogP contribution < -0.4 is 0 Å². The number of carbonyl (C=O) groups is 1. The summed E-state index contributed by atoms with van der Waals surface area (Å²) in [5, 5.41) is 6.14. The summed E-state index contributed by atoms with van der Waals surface area (Å²) in [5.74, 6) is 1.75. The molecular formula is C15H24N2O. The lowest BCUT2D eigenvalue weighted by Crippen LogP contribution is -2.43. The van der Waals surface area contributed by atoms with Gasteiger partial charge in [-0.15, -0.1) is 0 Å². The van der Waals surface area contributed by atoms with Crippen molar-refractivity contribution in [3.63, 3.8) is 0 Å². The maximum atomic E-state index is 11.7. The molecule has 0 saturated carbocycles. The van der Waals surface area contributed by atoms with E-state index in [0.717, 1.165) is 18.6 Å². The van der Waals surface area contributed by atoms with Crippen LogP contribution in [0.3, 0.4) is 0 Å². The lowest BCUT2D eigenvalue weighted by atomic mass is 9.70. The number of allylic oxidation sites excluding steroid dienone is 2. The van der Waals surface area contributed by atoms with E-state index in [2.05, 4.69) is 31.9 Å². The fourth-order valence-corrected chi connectivity index (χ4v) is 3.81. The van der Waals surface area contributed by atoms with Crippen molar-refractivity contribution in [2.24, 2.45) is 22.9 Å². The minimum Gasteiger partial charge on any atom is -0.273 e. The van der Waals surface area contributed by atoms with Crippen LogP contribution in [-0.2, 0) is 4.79 Å². The second-order valence-electron chi connectivity index (χ2n) is 6.10. The Bertz CT molecular complexity index is 411. The largest absolute Gasteiger partial charge is 0.273 e. The van der Waals surface area contributed by atoms with E-state index in [-0.39, 0.29) is 11.9 Å². The first-order valence-electron chi connectivity index (χ1n) is 6.91. The van der Waals surface area contributed by atoms with E-state index in [1.165, 1.54) is 5.57 Å². The van der Waals surface area contributed by atoms with Crippen molar-refractivity contribution < 1.29 is 4.79 Å². The summed E-state index contributed by atoms with van der Waals surface area (Å²) in [7, 11) is 0. The second-order valence-corrected chi connectivity index (χ2v) is 6.10. The molecule has 0 aromatic rings. The summed E-state index contributed by atoms with van der Waals surface area (Å²) in [4.78, 5) is 11.7. The molecule has 1 aliphatic carbocycles. The zero-order valence-corrected chi connectivity index (χ0v) is 12.1. The highest BCUT2D eigenvalue weighted by molar-refractivity contribution is 5.87. The Hall–Kier alpha value is -1.12. The Kier molecular flexibility index (Phi) is 3.60. The first-order chi connectivity index (χ1) is 8.40. The maximum absolute atomic E-state index is 11.7. The molecule has 3 nitrogen and oxygen atoms in total. The molecule has 0 saturated heterocycles. The normalized spacial score (nSPS) is 36.4. The zero-order chi connectivity index (χ0) is 13.4. The summed E-state index contributed by atoms with van der Waals surface area (Å²) < 4.78 is 0. The van der Waals surface area contributed by atoms with Crippen LogP contribution in [0.25, 0.3) is 0 Å². The number of nitrogens with zero attached hydrogens (tertiary/aromatic N) is 2. The summed E-state index contributed by atoms with van der Waals surface area (Å²) in [6.45, 7) is 10.4. The van der Waals surface area contributed by atoms with E-state index in [9.17, 15) is 4.79 Å². The molecule has 18 heavy (non-hydrogen) atoms. The van der Waals surface area contributed by atoms with Gasteiger partial charge >= 0.3 is 0 Å². The highest BCUT2D eigenvalue weighted by atomic mass is 16.2. The van der Waals surface area contributed by atoms with E-state index in [1.807, 2.05) is 6.92 Å². The summed E-state index contributed by atoms with van der Waals surface area (Å²) in [6, 6.07) is 0.261. The van der Waals surface area contributed by atoms with Gasteiger partial charge in [-0.1, -0.05) is 25.5 Å². The van der Waals surface area contributed by atoms with Gasteiger partial charge in [-0.25, -0.2) is 5.01 Å². The van der Waals surface area contributed by atoms with E-state index in [4.69, 9.17) is 0 Å². The monoisotopic (exact) mass is 248 g/mol. The van der Waals surface area contributed by atoms with Gasteiger partial charge in [-0.05, 0) is 38.0 Å². The lowest BCUT2D eigenvalue weighted by Gasteiger charge is -2.39. The third kappa shape index (κ3) is 2.36. The molecule has 0 aromatic carbocycles. The average molecular weight is 248 g/mol. The molecule has 1 aliphatic heterocycles. The Morgan fingerprint density at radius 2 is 2.00 bits per heavy atom. The predicted octanol–water partition coefficient (Wildman–Crippen LogP) is 3.22. The molecule has 0 aromatic heterocycles. The van der Waals surface area contributed by atoms with E-state index < -0.39 is 0 Å². The number of rotatable bonds is 1.